The Balaban J connectivity index is 1.90. The van der Waals surface area contributed by atoms with Crippen molar-refractivity contribution in [3.8, 4) is 0 Å². The molecule has 1 N–H and O–H groups in total. The highest BCUT2D eigenvalue weighted by Gasteiger charge is 2.38. The van der Waals surface area contributed by atoms with E-state index in [0.717, 1.165) is 64.9 Å². The van der Waals surface area contributed by atoms with Gasteiger partial charge in [-0.05, 0) is 59.0 Å². The SMILES string of the molecule is COCCN1CCC(C(=O)N2CCCC(CO)(CC=C(C)C)C2)CC1. The minimum Gasteiger partial charge on any atom is -0.396 e. The first-order valence-electron chi connectivity index (χ1n) is 9.74. The largest absolute Gasteiger partial charge is 0.396 e. The summed E-state index contributed by atoms with van der Waals surface area (Å²) >= 11 is 0. The van der Waals surface area contributed by atoms with E-state index >= 15 is 0 Å². The highest BCUT2D eigenvalue weighted by molar-refractivity contribution is 5.79. The number of carbonyl (C=O) groups is 1. The smallest absolute Gasteiger partial charge is 0.225 e. The molecule has 0 spiro atoms. The lowest BCUT2D eigenvalue weighted by Crippen LogP contribution is -2.51. The van der Waals surface area contributed by atoms with Crippen LogP contribution in [0.25, 0.3) is 0 Å². The number of ether oxygens (including phenoxy) is 1. The fraction of sp³-hybridized carbons (Fsp3) is 0.850. The Hall–Kier alpha value is -0.910. The fourth-order valence-corrected chi connectivity index (χ4v) is 4.06. The van der Waals surface area contributed by atoms with Crippen LogP contribution in [0.5, 0.6) is 0 Å². The van der Waals surface area contributed by atoms with Gasteiger partial charge in [-0.1, -0.05) is 11.6 Å². The zero-order chi connectivity index (χ0) is 18.3. The number of hydrogen-bond acceptors (Lipinski definition) is 4. The molecule has 2 aliphatic heterocycles. The first-order chi connectivity index (χ1) is 12.0. The third-order valence-corrected chi connectivity index (χ3v) is 5.80. The van der Waals surface area contributed by atoms with Gasteiger partial charge in [-0.2, -0.15) is 0 Å². The van der Waals surface area contributed by atoms with Gasteiger partial charge < -0.3 is 19.6 Å². The Kier molecular flexibility index (Phi) is 7.91. The first kappa shape index (κ1) is 20.4. The van der Waals surface area contributed by atoms with Crippen LogP contribution in [-0.4, -0.2) is 73.9 Å². The molecule has 2 heterocycles. The van der Waals surface area contributed by atoms with Crippen LogP contribution in [-0.2, 0) is 9.53 Å². The second-order valence-electron chi connectivity index (χ2n) is 8.12. The molecule has 1 atom stereocenters. The Morgan fingerprint density at radius 1 is 1.28 bits per heavy atom. The number of carbonyl (C=O) groups excluding carboxylic acids is 1. The lowest BCUT2D eigenvalue weighted by Gasteiger charge is -2.43. The van der Waals surface area contributed by atoms with Crippen LogP contribution in [0, 0.1) is 11.3 Å². The molecule has 2 rings (SSSR count). The zero-order valence-corrected chi connectivity index (χ0v) is 16.3. The highest BCUT2D eigenvalue weighted by atomic mass is 16.5. The summed E-state index contributed by atoms with van der Waals surface area (Å²) in [5, 5.41) is 10.00. The van der Waals surface area contributed by atoms with Gasteiger partial charge in [-0.3, -0.25) is 4.79 Å². The maximum atomic E-state index is 13.0. The molecule has 5 nitrogen and oxygen atoms in total. The second-order valence-corrected chi connectivity index (χ2v) is 8.12. The molecule has 2 fully saturated rings. The van der Waals surface area contributed by atoms with Gasteiger partial charge in [0.15, 0.2) is 0 Å². The third-order valence-electron chi connectivity index (χ3n) is 5.80. The van der Waals surface area contributed by atoms with Gasteiger partial charge >= 0.3 is 0 Å². The Morgan fingerprint density at radius 3 is 2.60 bits per heavy atom. The number of hydrogen-bond donors (Lipinski definition) is 1. The summed E-state index contributed by atoms with van der Waals surface area (Å²) in [6, 6.07) is 0. The molecule has 0 aromatic carbocycles. The molecule has 25 heavy (non-hydrogen) atoms. The predicted octanol–water partition coefficient (Wildman–Crippen LogP) is 2.30. The summed E-state index contributed by atoms with van der Waals surface area (Å²) in [7, 11) is 1.73. The molecule has 1 amide bonds. The number of nitrogens with zero attached hydrogens (tertiary/aromatic N) is 2. The van der Waals surface area contributed by atoms with Crippen molar-refractivity contribution in [1.29, 1.82) is 0 Å². The van der Waals surface area contributed by atoms with E-state index < -0.39 is 0 Å². The normalized spacial score (nSPS) is 25.8. The standard InChI is InChI=1S/C20H36N2O3/c1-17(2)5-9-20(16-23)8-4-10-22(15-20)19(24)18-6-11-21(12-7-18)13-14-25-3/h5,18,23H,4,6-16H2,1-3H3. The molecule has 144 valence electrons. The molecule has 2 aliphatic rings. The van der Waals surface area contributed by atoms with Gasteiger partial charge in [0.05, 0.1) is 13.2 Å². The molecule has 0 saturated carbocycles. The van der Waals surface area contributed by atoms with E-state index in [-0.39, 0.29) is 17.9 Å². The van der Waals surface area contributed by atoms with Crippen LogP contribution in [0.1, 0.15) is 46.0 Å². The molecular weight excluding hydrogens is 316 g/mol. The molecule has 1 unspecified atom stereocenters. The van der Waals surface area contributed by atoms with Crippen molar-refractivity contribution in [3.63, 3.8) is 0 Å². The maximum absolute atomic E-state index is 13.0. The van der Waals surface area contributed by atoms with Crippen molar-refractivity contribution in [2.24, 2.45) is 11.3 Å². The van der Waals surface area contributed by atoms with E-state index in [2.05, 4.69) is 24.8 Å². The van der Waals surface area contributed by atoms with Crippen molar-refractivity contribution in [2.75, 3.05) is 53.0 Å². The maximum Gasteiger partial charge on any atom is 0.225 e. The number of piperidine rings is 2. The number of likely N-dealkylation sites (tertiary alicyclic amines) is 2. The summed E-state index contributed by atoms with van der Waals surface area (Å²) in [6.45, 7) is 9.58. The van der Waals surface area contributed by atoms with Crippen LogP contribution in [0.3, 0.4) is 0 Å². The summed E-state index contributed by atoms with van der Waals surface area (Å²) in [6.07, 6.45) is 6.96. The second kappa shape index (κ2) is 9.70. The first-order valence-corrected chi connectivity index (χ1v) is 9.74. The number of allylic oxidation sites excluding steroid dienone is 2. The van der Waals surface area contributed by atoms with Gasteiger partial charge in [0.25, 0.3) is 0 Å². The monoisotopic (exact) mass is 352 g/mol. The van der Waals surface area contributed by atoms with Crippen LogP contribution in [0.4, 0.5) is 0 Å². The average molecular weight is 353 g/mol. The number of amides is 1. The summed E-state index contributed by atoms with van der Waals surface area (Å²) in [5.41, 5.74) is 1.13. The summed E-state index contributed by atoms with van der Waals surface area (Å²) < 4.78 is 5.14. The van der Waals surface area contributed by atoms with Crippen LogP contribution < -0.4 is 0 Å². The van der Waals surface area contributed by atoms with Crippen molar-refractivity contribution < 1.29 is 14.6 Å². The van der Waals surface area contributed by atoms with Crippen molar-refractivity contribution in [2.45, 2.75) is 46.0 Å². The highest BCUT2D eigenvalue weighted by Crippen LogP contribution is 2.35. The molecule has 5 heteroatoms. The van der Waals surface area contributed by atoms with E-state index in [1.54, 1.807) is 7.11 Å². The Morgan fingerprint density at radius 2 is 2.00 bits per heavy atom. The van der Waals surface area contributed by atoms with Gasteiger partial charge in [0.2, 0.25) is 5.91 Å². The van der Waals surface area contributed by atoms with Crippen molar-refractivity contribution in [1.82, 2.24) is 9.80 Å². The van der Waals surface area contributed by atoms with Gasteiger partial charge in [0, 0.05) is 38.1 Å². The fourth-order valence-electron chi connectivity index (χ4n) is 4.06. The number of rotatable bonds is 7. The van der Waals surface area contributed by atoms with E-state index in [1.165, 1.54) is 5.57 Å². The third kappa shape index (κ3) is 5.80. The zero-order valence-electron chi connectivity index (χ0n) is 16.3. The molecule has 0 aliphatic carbocycles. The average Bonchev–Trinajstić information content (AvgIpc) is 2.64. The van der Waals surface area contributed by atoms with E-state index in [9.17, 15) is 9.90 Å². The Bertz CT molecular complexity index is 454. The van der Waals surface area contributed by atoms with Crippen LogP contribution in [0.15, 0.2) is 11.6 Å². The van der Waals surface area contributed by atoms with Crippen LogP contribution in [0.2, 0.25) is 0 Å². The molecule has 0 aromatic heterocycles. The Labute approximate surface area is 153 Å². The van der Waals surface area contributed by atoms with Crippen LogP contribution >= 0.6 is 0 Å². The minimum atomic E-state index is -0.148. The lowest BCUT2D eigenvalue weighted by molar-refractivity contribution is -0.141. The van der Waals surface area contributed by atoms with Crippen molar-refractivity contribution in [3.05, 3.63) is 11.6 Å². The van der Waals surface area contributed by atoms with Crippen molar-refractivity contribution >= 4 is 5.91 Å². The van der Waals surface area contributed by atoms with E-state index in [4.69, 9.17) is 4.74 Å². The molecule has 0 radical (unpaired) electrons. The summed E-state index contributed by atoms with van der Waals surface area (Å²) in [4.78, 5) is 17.4. The molecular formula is C20H36N2O3. The van der Waals surface area contributed by atoms with Gasteiger partial charge in [-0.25, -0.2) is 0 Å². The molecule has 0 aromatic rings. The van der Waals surface area contributed by atoms with E-state index in [0.29, 0.717) is 12.5 Å². The summed E-state index contributed by atoms with van der Waals surface area (Å²) in [5.74, 6) is 0.456. The number of methoxy groups -OCH3 is 1. The lowest BCUT2D eigenvalue weighted by atomic mass is 9.77. The van der Waals surface area contributed by atoms with Gasteiger partial charge in [0.1, 0.15) is 0 Å². The molecule has 2 saturated heterocycles. The molecule has 0 bridgehead atoms. The topological polar surface area (TPSA) is 53.0 Å². The predicted molar refractivity (Wildman–Crippen MR) is 100 cm³/mol. The van der Waals surface area contributed by atoms with Gasteiger partial charge in [-0.15, -0.1) is 0 Å². The minimum absolute atomic E-state index is 0.148. The quantitative estimate of drug-likeness (QED) is 0.715. The number of aliphatic hydroxyl groups excluding tert-OH is 1. The number of aliphatic hydroxyl groups is 1. The van der Waals surface area contributed by atoms with E-state index in [1.807, 2.05) is 4.90 Å².